The first kappa shape index (κ1) is 9.93. The summed E-state index contributed by atoms with van der Waals surface area (Å²) in [5.41, 5.74) is 6.10. The maximum absolute atomic E-state index is 5.58. The lowest BCUT2D eigenvalue weighted by Crippen LogP contribution is -2.11. The first-order valence-corrected chi connectivity index (χ1v) is 5.93. The highest BCUT2D eigenvalue weighted by Crippen LogP contribution is 2.51. The van der Waals surface area contributed by atoms with Crippen LogP contribution in [0.25, 0.3) is 0 Å². The van der Waals surface area contributed by atoms with Crippen molar-refractivity contribution in [3.8, 4) is 0 Å². The Kier molecular flexibility index (Phi) is 3.03. The number of nitrogens with zero attached hydrogens (tertiary/aromatic N) is 2. The van der Waals surface area contributed by atoms with E-state index in [1.165, 1.54) is 12.8 Å². The number of thioether (sulfide) groups is 1. The molecule has 1 aliphatic carbocycles. The van der Waals surface area contributed by atoms with E-state index >= 15 is 0 Å². The van der Waals surface area contributed by atoms with Crippen LogP contribution in [0.1, 0.15) is 19.3 Å². The molecule has 2 rings (SSSR count). The fourth-order valence-electron chi connectivity index (χ4n) is 1.53. The van der Waals surface area contributed by atoms with Gasteiger partial charge < -0.3 is 5.73 Å². The van der Waals surface area contributed by atoms with Crippen LogP contribution in [0.4, 0.5) is 0 Å². The Bertz CT molecular complexity index is 285. The first-order chi connectivity index (χ1) is 6.85. The van der Waals surface area contributed by atoms with Crippen molar-refractivity contribution in [2.45, 2.75) is 24.4 Å². The minimum Gasteiger partial charge on any atom is -0.330 e. The molecule has 0 unspecified atom stereocenters. The molecular weight excluding hydrogens is 194 g/mol. The van der Waals surface area contributed by atoms with Gasteiger partial charge in [-0.1, -0.05) is 11.8 Å². The molecule has 1 heterocycles. The molecule has 1 aromatic rings. The van der Waals surface area contributed by atoms with Crippen LogP contribution in [0.5, 0.6) is 0 Å². The maximum atomic E-state index is 5.58. The molecule has 14 heavy (non-hydrogen) atoms. The Balaban J connectivity index is 1.83. The number of aromatic nitrogens is 2. The number of rotatable bonds is 5. The van der Waals surface area contributed by atoms with Gasteiger partial charge in [-0.2, -0.15) is 0 Å². The van der Waals surface area contributed by atoms with Crippen LogP contribution < -0.4 is 5.73 Å². The van der Waals surface area contributed by atoms with Crippen molar-refractivity contribution >= 4 is 11.8 Å². The molecule has 1 saturated carbocycles. The molecule has 0 amide bonds. The largest absolute Gasteiger partial charge is 0.330 e. The van der Waals surface area contributed by atoms with Crippen LogP contribution in [-0.4, -0.2) is 22.3 Å². The monoisotopic (exact) mass is 209 g/mol. The number of nitrogens with two attached hydrogens (primary N) is 1. The third kappa shape index (κ3) is 2.45. The molecular formula is C10H15N3S. The quantitative estimate of drug-likeness (QED) is 0.592. The van der Waals surface area contributed by atoms with Crippen LogP contribution >= 0.6 is 11.8 Å². The first-order valence-electron chi connectivity index (χ1n) is 4.95. The van der Waals surface area contributed by atoms with Crippen LogP contribution in [0.15, 0.2) is 23.6 Å². The minimum atomic E-state index is 0.513. The molecule has 1 aliphatic rings. The van der Waals surface area contributed by atoms with Gasteiger partial charge in [0.25, 0.3) is 0 Å². The minimum absolute atomic E-state index is 0.513. The highest BCUT2D eigenvalue weighted by Gasteiger charge is 2.41. The van der Waals surface area contributed by atoms with Gasteiger partial charge in [0.05, 0.1) is 0 Å². The maximum Gasteiger partial charge on any atom is 0.187 e. The predicted molar refractivity (Wildman–Crippen MR) is 58.1 cm³/mol. The van der Waals surface area contributed by atoms with Gasteiger partial charge in [-0.25, -0.2) is 9.97 Å². The SMILES string of the molecule is NCCC1(CSc2ncccn2)CC1. The second-order valence-corrected chi connectivity index (χ2v) is 4.80. The summed E-state index contributed by atoms with van der Waals surface area (Å²) in [5, 5.41) is 0.885. The zero-order valence-corrected chi connectivity index (χ0v) is 8.96. The van der Waals surface area contributed by atoms with Gasteiger partial charge in [-0.05, 0) is 37.3 Å². The molecule has 0 aliphatic heterocycles. The van der Waals surface area contributed by atoms with E-state index in [-0.39, 0.29) is 0 Å². The lowest BCUT2D eigenvalue weighted by atomic mass is 10.1. The molecule has 0 spiro atoms. The number of hydrogen-bond acceptors (Lipinski definition) is 4. The van der Waals surface area contributed by atoms with E-state index in [0.717, 1.165) is 23.9 Å². The molecule has 1 fully saturated rings. The van der Waals surface area contributed by atoms with E-state index in [1.54, 1.807) is 24.2 Å². The Hall–Kier alpha value is -0.610. The third-order valence-corrected chi connectivity index (χ3v) is 3.91. The average Bonchev–Trinajstić information content (AvgIpc) is 2.98. The van der Waals surface area contributed by atoms with Crippen molar-refractivity contribution in [2.24, 2.45) is 11.1 Å². The van der Waals surface area contributed by atoms with Gasteiger partial charge in [0.15, 0.2) is 5.16 Å². The zero-order valence-electron chi connectivity index (χ0n) is 8.15. The molecule has 0 radical (unpaired) electrons. The van der Waals surface area contributed by atoms with Crippen molar-refractivity contribution < 1.29 is 0 Å². The predicted octanol–water partition coefficient (Wildman–Crippen LogP) is 1.70. The van der Waals surface area contributed by atoms with Crippen molar-refractivity contribution in [2.75, 3.05) is 12.3 Å². The van der Waals surface area contributed by atoms with Gasteiger partial charge in [0, 0.05) is 18.1 Å². The Labute approximate surface area is 88.5 Å². The fraction of sp³-hybridized carbons (Fsp3) is 0.600. The van der Waals surface area contributed by atoms with Crippen molar-refractivity contribution in [1.82, 2.24) is 9.97 Å². The van der Waals surface area contributed by atoms with E-state index < -0.39 is 0 Å². The lowest BCUT2D eigenvalue weighted by molar-refractivity contribution is 0.537. The van der Waals surface area contributed by atoms with E-state index in [0.29, 0.717) is 5.41 Å². The van der Waals surface area contributed by atoms with Gasteiger partial charge in [0.1, 0.15) is 0 Å². The summed E-state index contributed by atoms with van der Waals surface area (Å²) in [5.74, 6) is 1.12. The summed E-state index contributed by atoms with van der Waals surface area (Å²) >= 11 is 1.75. The summed E-state index contributed by atoms with van der Waals surface area (Å²) in [6, 6.07) is 1.84. The Morgan fingerprint density at radius 1 is 1.36 bits per heavy atom. The van der Waals surface area contributed by atoms with Crippen LogP contribution in [0, 0.1) is 5.41 Å². The summed E-state index contributed by atoms with van der Waals surface area (Å²) < 4.78 is 0. The van der Waals surface area contributed by atoms with Gasteiger partial charge in [0.2, 0.25) is 0 Å². The van der Waals surface area contributed by atoms with Crippen LogP contribution in [0.2, 0.25) is 0 Å². The van der Waals surface area contributed by atoms with E-state index in [9.17, 15) is 0 Å². The Morgan fingerprint density at radius 3 is 2.64 bits per heavy atom. The van der Waals surface area contributed by atoms with Crippen molar-refractivity contribution in [3.63, 3.8) is 0 Å². The molecule has 3 nitrogen and oxygen atoms in total. The highest BCUT2D eigenvalue weighted by atomic mass is 32.2. The van der Waals surface area contributed by atoms with E-state index in [4.69, 9.17) is 5.73 Å². The fourth-order valence-corrected chi connectivity index (χ4v) is 2.67. The van der Waals surface area contributed by atoms with Gasteiger partial charge >= 0.3 is 0 Å². The summed E-state index contributed by atoms with van der Waals surface area (Å²) in [4.78, 5) is 8.38. The second kappa shape index (κ2) is 4.28. The Morgan fingerprint density at radius 2 is 2.07 bits per heavy atom. The summed E-state index contributed by atoms with van der Waals surface area (Å²) in [6.07, 6.45) is 7.37. The molecule has 4 heteroatoms. The van der Waals surface area contributed by atoms with Crippen LogP contribution in [0.3, 0.4) is 0 Å². The molecule has 0 saturated heterocycles. The van der Waals surface area contributed by atoms with Gasteiger partial charge in [-0.3, -0.25) is 0 Å². The summed E-state index contributed by atoms with van der Waals surface area (Å²) in [6.45, 7) is 0.802. The van der Waals surface area contributed by atoms with Crippen LogP contribution in [-0.2, 0) is 0 Å². The highest BCUT2D eigenvalue weighted by molar-refractivity contribution is 7.99. The van der Waals surface area contributed by atoms with Gasteiger partial charge in [-0.15, -0.1) is 0 Å². The topological polar surface area (TPSA) is 51.8 Å². The number of hydrogen-bond donors (Lipinski definition) is 1. The standard InChI is InChI=1S/C10H15N3S/c11-5-4-10(2-3-10)8-14-9-12-6-1-7-13-9/h1,6-7H,2-5,8,11H2. The smallest absolute Gasteiger partial charge is 0.187 e. The van der Waals surface area contributed by atoms with E-state index in [2.05, 4.69) is 9.97 Å². The lowest BCUT2D eigenvalue weighted by Gasteiger charge is -2.11. The third-order valence-electron chi connectivity index (χ3n) is 2.68. The molecule has 0 bridgehead atoms. The molecule has 0 atom stereocenters. The second-order valence-electron chi connectivity index (χ2n) is 3.86. The molecule has 1 aromatic heterocycles. The normalized spacial score (nSPS) is 18.1. The van der Waals surface area contributed by atoms with E-state index in [1.807, 2.05) is 6.07 Å². The molecule has 0 aromatic carbocycles. The average molecular weight is 209 g/mol. The van der Waals surface area contributed by atoms with Crippen molar-refractivity contribution in [3.05, 3.63) is 18.5 Å². The summed E-state index contributed by atoms with van der Waals surface area (Å²) in [7, 11) is 0. The zero-order chi connectivity index (χ0) is 9.86. The van der Waals surface area contributed by atoms with Crippen molar-refractivity contribution in [1.29, 1.82) is 0 Å². The molecule has 76 valence electrons. The molecule has 2 N–H and O–H groups in total.